The van der Waals surface area contributed by atoms with Crippen LogP contribution in [0.2, 0.25) is 5.02 Å². The van der Waals surface area contributed by atoms with Gasteiger partial charge in [0.15, 0.2) is 0 Å². The van der Waals surface area contributed by atoms with Crippen LogP contribution >= 0.6 is 27.5 Å². The van der Waals surface area contributed by atoms with Gasteiger partial charge in [0, 0.05) is 21.2 Å². The van der Waals surface area contributed by atoms with Gasteiger partial charge in [-0.15, -0.1) is 0 Å². The molecule has 2 rings (SSSR count). The van der Waals surface area contributed by atoms with Gasteiger partial charge < -0.3 is 16.4 Å². The Balaban J connectivity index is 2.03. The van der Waals surface area contributed by atoms with E-state index in [-0.39, 0.29) is 12.1 Å². The van der Waals surface area contributed by atoms with Crippen molar-refractivity contribution in [2.45, 2.75) is 13.0 Å². The van der Waals surface area contributed by atoms with Gasteiger partial charge in [-0.2, -0.15) is 0 Å². The average molecular weight is 369 g/mol. The molecule has 0 aliphatic rings. The van der Waals surface area contributed by atoms with Crippen LogP contribution in [-0.4, -0.2) is 6.03 Å². The van der Waals surface area contributed by atoms with Gasteiger partial charge in [-0.25, -0.2) is 4.79 Å². The van der Waals surface area contributed by atoms with Gasteiger partial charge in [-0.3, -0.25) is 0 Å². The third-order valence-electron chi connectivity index (χ3n) is 2.87. The fourth-order valence-electron chi connectivity index (χ4n) is 1.75. The standard InChI is InChI=1S/C15H15BrClN3O/c1-9(18)10-2-5-12(6-3-10)19-15(21)20-14-8-11(17)4-7-13(14)16/h2-9H,18H2,1H3,(H2,19,20,21). The van der Waals surface area contributed by atoms with E-state index in [2.05, 4.69) is 26.6 Å². The molecule has 6 heteroatoms. The van der Waals surface area contributed by atoms with E-state index >= 15 is 0 Å². The molecule has 0 spiro atoms. The molecule has 4 N–H and O–H groups in total. The van der Waals surface area contributed by atoms with Gasteiger partial charge in [0.2, 0.25) is 0 Å². The summed E-state index contributed by atoms with van der Waals surface area (Å²) < 4.78 is 0.759. The Morgan fingerprint density at radius 1 is 1.19 bits per heavy atom. The minimum Gasteiger partial charge on any atom is -0.324 e. The quantitative estimate of drug-likeness (QED) is 0.730. The van der Waals surface area contributed by atoms with E-state index in [9.17, 15) is 4.79 Å². The molecular weight excluding hydrogens is 354 g/mol. The van der Waals surface area contributed by atoms with E-state index in [1.54, 1.807) is 18.2 Å². The van der Waals surface area contributed by atoms with Crippen LogP contribution < -0.4 is 16.4 Å². The normalized spacial score (nSPS) is 11.8. The zero-order valence-corrected chi connectivity index (χ0v) is 13.7. The Bertz CT molecular complexity index is 644. The second-order valence-electron chi connectivity index (χ2n) is 4.61. The van der Waals surface area contributed by atoms with Gasteiger partial charge in [0.05, 0.1) is 5.69 Å². The lowest BCUT2D eigenvalue weighted by Gasteiger charge is -2.11. The molecule has 2 aromatic carbocycles. The van der Waals surface area contributed by atoms with Crippen LogP contribution in [0.3, 0.4) is 0 Å². The largest absolute Gasteiger partial charge is 0.324 e. The molecule has 110 valence electrons. The zero-order valence-electron chi connectivity index (χ0n) is 11.4. The Hall–Kier alpha value is -1.56. The molecule has 0 radical (unpaired) electrons. The lowest BCUT2D eigenvalue weighted by molar-refractivity contribution is 0.262. The molecule has 21 heavy (non-hydrogen) atoms. The van der Waals surface area contributed by atoms with Gasteiger partial charge >= 0.3 is 6.03 Å². The fraction of sp³-hybridized carbons (Fsp3) is 0.133. The summed E-state index contributed by atoms with van der Waals surface area (Å²) >= 11 is 9.26. The number of halogens is 2. The third kappa shape index (κ3) is 4.46. The van der Waals surface area contributed by atoms with Gasteiger partial charge in [0.25, 0.3) is 0 Å². The number of rotatable bonds is 3. The molecule has 1 unspecified atom stereocenters. The van der Waals surface area contributed by atoms with Crippen molar-refractivity contribution < 1.29 is 4.79 Å². The summed E-state index contributed by atoms with van der Waals surface area (Å²) in [6.07, 6.45) is 0. The number of carbonyl (C=O) groups excluding carboxylic acids is 1. The van der Waals surface area contributed by atoms with Crippen molar-refractivity contribution in [1.29, 1.82) is 0 Å². The van der Waals surface area contributed by atoms with Crippen molar-refractivity contribution in [3.05, 3.63) is 57.5 Å². The number of urea groups is 1. The topological polar surface area (TPSA) is 67.1 Å². The van der Waals surface area contributed by atoms with Crippen molar-refractivity contribution in [1.82, 2.24) is 0 Å². The number of carbonyl (C=O) groups is 1. The maximum absolute atomic E-state index is 12.0. The number of hydrogen-bond donors (Lipinski definition) is 3. The van der Waals surface area contributed by atoms with E-state index in [1.165, 1.54) is 0 Å². The molecule has 4 nitrogen and oxygen atoms in total. The van der Waals surface area contributed by atoms with Crippen molar-refractivity contribution in [2.75, 3.05) is 10.6 Å². The molecule has 0 aromatic heterocycles. The Kier molecular flexibility index (Phi) is 5.22. The molecule has 2 amide bonds. The summed E-state index contributed by atoms with van der Waals surface area (Å²) in [7, 11) is 0. The summed E-state index contributed by atoms with van der Waals surface area (Å²) in [5.74, 6) is 0. The first-order valence-electron chi connectivity index (χ1n) is 6.34. The van der Waals surface area contributed by atoms with E-state index < -0.39 is 0 Å². The maximum atomic E-state index is 12.0. The molecule has 1 atom stereocenters. The van der Waals surface area contributed by atoms with Gasteiger partial charge in [-0.05, 0) is 58.7 Å². The predicted molar refractivity (Wildman–Crippen MR) is 90.8 cm³/mol. The van der Waals surface area contributed by atoms with Crippen molar-refractivity contribution in [2.24, 2.45) is 5.73 Å². The summed E-state index contributed by atoms with van der Waals surface area (Å²) in [5.41, 5.74) is 8.09. The molecule has 0 aliphatic carbocycles. The molecule has 0 heterocycles. The molecule has 0 saturated carbocycles. The molecular formula is C15H15BrClN3O. The zero-order chi connectivity index (χ0) is 15.4. The molecule has 2 aromatic rings. The number of amides is 2. The van der Waals surface area contributed by atoms with Crippen LogP contribution in [0.15, 0.2) is 46.9 Å². The van der Waals surface area contributed by atoms with Crippen LogP contribution in [0, 0.1) is 0 Å². The Morgan fingerprint density at radius 3 is 2.48 bits per heavy atom. The average Bonchev–Trinajstić information content (AvgIpc) is 2.43. The van der Waals surface area contributed by atoms with Gasteiger partial charge in [-0.1, -0.05) is 23.7 Å². The summed E-state index contributed by atoms with van der Waals surface area (Å²) in [5, 5.41) is 6.03. The monoisotopic (exact) mass is 367 g/mol. The minimum absolute atomic E-state index is 0.0321. The summed E-state index contributed by atoms with van der Waals surface area (Å²) in [6.45, 7) is 1.91. The highest BCUT2D eigenvalue weighted by molar-refractivity contribution is 9.10. The van der Waals surface area contributed by atoms with Crippen LogP contribution in [0.25, 0.3) is 0 Å². The SMILES string of the molecule is CC(N)c1ccc(NC(=O)Nc2cc(Cl)ccc2Br)cc1. The van der Waals surface area contributed by atoms with Crippen molar-refractivity contribution >= 4 is 44.9 Å². The van der Waals surface area contributed by atoms with Gasteiger partial charge in [0.1, 0.15) is 0 Å². The van der Waals surface area contributed by atoms with Crippen LogP contribution in [0.1, 0.15) is 18.5 Å². The number of anilines is 2. The highest BCUT2D eigenvalue weighted by atomic mass is 79.9. The highest BCUT2D eigenvalue weighted by Crippen LogP contribution is 2.26. The second-order valence-corrected chi connectivity index (χ2v) is 5.90. The smallest absolute Gasteiger partial charge is 0.323 e. The number of nitrogens with one attached hydrogen (secondary N) is 2. The second kappa shape index (κ2) is 6.93. The minimum atomic E-state index is -0.341. The molecule has 0 bridgehead atoms. The number of benzene rings is 2. The lowest BCUT2D eigenvalue weighted by atomic mass is 10.1. The first kappa shape index (κ1) is 15.8. The van der Waals surface area contributed by atoms with Crippen LogP contribution in [0.5, 0.6) is 0 Å². The molecule has 0 aliphatic heterocycles. The lowest BCUT2D eigenvalue weighted by Crippen LogP contribution is -2.19. The Morgan fingerprint density at radius 2 is 1.86 bits per heavy atom. The maximum Gasteiger partial charge on any atom is 0.323 e. The molecule has 0 fully saturated rings. The summed E-state index contributed by atoms with van der Waals surface area (Å²) in [4.78, 5) is 12.0. The van der Waals surface area contributed by atoms with Crippen molar-refractivity contribution in [3.63, 3.8) is 0 Å². The third-order valence-corrected chi connectivity index (χ3v) is 3.80. The first-order valence-corrected chi connectivity index (χ1v) is 7.51. The van der Waals surface area contributed by atoms with Crippen LogP contribution in [-0.2, 0) is 0 Å². The number of hydrogen-bond acceptors (Lipinski definition) is 2. The predicted octanol–water partition coefficient (Wildman–Crippen LogP) is 4.77. The van der Waals surface area contributed by atoms with Crippen LogP contribution in [0.4, 0.5) is 16.2 Å². The van der Waals surface area contributed by atoms with E-state index in [1.807, 2.05) is 31.2 Å². The van der Waals surface area contributed by atoms with E-state index in [0.717, 1.165) is 10.0 Å². The fourth-order valence-corrected chi connectivity index (χ4v) is 2.27. The van der Waals surface area contributed by atoms with E-state index in [0.29, 0.717) is 16.4 Å². The summed E-state index contributed by atoms with van der Waals surface area (Å²) in [6, 6.07) is 12.2. The highest BCUT2D eigenvalue weighted by Gasteiger charge is 2.07. The number of nitrogens with two attached hydrogens (primary N) is 1. The van der Waals surface area contributed by atoms with Crippen molar-refractivity contribution in [3.8, 4) is 0 Å². The first-order chi connectivity index (χ1) is 9.95. The molecule has 0 saturated heterocycles. The van der Waals surface area contributed by atoms with E-state index in [4.69, 9.17) is 17.3 Å². The Labute approximate surface area is 136 Å².